The molecule has 0 atom stereocenters. The minimum atomic E-state index is -0.0885. The zero-order chi connectivity index (χ0) is 16.8. The van der Waals surface area contributed by atoms with Gasteiger partial charge < -0.3 is 9.84 Å². The monoisotopic (exact) mass is 341 g/mol. The number of nitrogens with one attached hydrogen (secondary N) is 1. The van der Waals surface area contributed by atoms with Gasteiger partial charge in [-0.25, -0.2) is 0 Å². The van der Waals surface area contributed by atoms with Gasteiger partial charge in [0.25, 0.3) is 0 Å². The molecule has 0 aliphatic carbocycles. The van der Waals surface area contributed by atoms with Gasteiger partial charge in [0.05, 0.1) is 0 Å². The van der Waals surface area contributed by atoms with Crippen molar-refractivity contribution in [3.63, 3.8) is 0 Å². The SMILES string of the molecule is O=C(CCc1nc(-c2ccccc2)no1)NCc1ccccc1Cl. The van der Waals surface area contributed by atoms with Crippen LogP contribution in [0.4, 0.5) is 0 Å². The van der Waals surface area contributed by atoms with Crippen molar-refractivity contribution in [2.75, 3.05) is 0 Å². The van der Waals surface area contributed by atoms with Crippen molar-refractivity contribution in [1.82, 2.24) is 15.5 Å². The summed E-state index contributed by atoms with van der Waals surface area (Å²) in [7, 11) is 0. The van der Waals surface area contributed by atoms with Crippen LogP contribution in [-0.4, -0.2) is 16.0 Å². The van der Waals surface area contributed by atoms with E-state index in [1.165, 1.54) is 0 Å². The van der Waals surface area contributed by atoms with Gasteiger partial charge in [-0.2, -0.15) is 4.98 Å². The highest BCUT2D eigenvalue weighted by atomic mass is 35.5. The lowest BCUT2D eigenvalue weighted by molar-refractivity contribution is -0.121. The summed E-state index contributed by atoms with van der Waals surface area (Å²) in [4.78, 5) is 16.2. The van der Waals surface area contributed by atoms with Crippen molar-refractivity contribution in [3.8, 4) is 11.4 Å². The molecule has 3 rings (SSSR count). The third kappa shape index (κ3) is 4.20. The van der Waals surface area contributed by atoms with E-state index in [0.717, 1.165) is 11.1 Å². The van der Waals surface area contributed by atoms with Crippen molar-refractivity contribution >= 4 is 17.5 Å². The number of rotatable bonds is 6. The van der Waals surface area contributed by atoms with Crippen molar-refractivity contribution in [3.05, 3.63) is 71.1 Å². The molecule has 1 heterocycles. The molecule has 3 aromatic rings. The highest BCUT2D eigenvalue weighted by Gasteiger charge is 2.10. The van der Waals surface area contributed by atoms with Gasteiger partial charge in [-0.3, -0.25) is 4.79 Å². The molecule has 6 heteroatoms. The second kappa shape index (κ2) is 7.75. The molecular weight excluding hydrogens is 326 g/mol. The van der Waals surface area contributed by atoms with E-state index >= 15 is 0 Å². The summed E-state index contributed by atoms with van der Waals surface area (Å²) >= 11 is 6.06. The van der Waals surface area contributed by atoms with Crippen molar-refractivity contribution in [2.24, 2.45) is 0 Å². The molecule has 1 N–H and O–H groups in total. The Morgan fingerprint density at radius 1 is 1.08 bits per heavy atom. The number of amides is 1. The average molecular weight is 342 g/mol. The summed E-state index contributed by atoms with van der Waals surface area (Å²) < 4.78 is 5.19. The van der Waals surface area contributed by atoms with Crippen LogP contribution in [0.1, 0.15) is 17.9 Å². The van der Waals surface area contributed by atoms with Gasteiger partial charge in [-0.1, -0.05) is 65.3 Å². The molecule has 0 bridgehead atoms. The quantitative estimate of drug-likeness (QED) is 0.743. The van der Waals surface area contributed by atoms with Gasteiger partial charge in [-0.15, -0.1) is 0 Å². The van der Waals surface area contributed by atoms with Crippen LogP contribution in [0.15, 0.2) is 59.1 Å². The summed E-state index contributed by atoms with van der Waals surface area (Å²) in [5.41, 5.74) is 1.77. The summed E-state index contributed by atoms with van der Waals surface area (Å²) in [5.74, 6) is 0.887. The maximum absolute atomic E-state index is 11.9. The van der Waals surface area contributed by atoms with Crippen LogP contribution >= 0.6 is 11.6 Å². The average Bonchev–Trinajstić information content (AvgIpc) is 3.09. The number of carbonyl (C=O) groups is 1. The lowest BCUT2D eigenvalue weighted by Crippen LogP contribution is -2.23. The van der Waals surface area contributed by atoms with E-state index in [1.807, 2.05) is 48.5 Å². The molecule has 1 amide bonds. The summed E-state index contributed by atoms with van der Waals surface area (Å²) in [6.45, 7) is 0.400. The fourth-order valence-electron chi connectivity index (χ4n) is 2.21. The van der Waals surface area contributed by atoms with Gasteiger partial charge in [0.2, 0.25) is 17.6 Å². The maximum Gasteiger partial charge on any atom is 0.227 e. The number of aryl methyl sites for hydroxylation is 1. The Morgan fingerprint density at radius 3 is 2.62 bits per heavy atom. The van der Waals surface area contributed by atoms with Gasteiger partial charge in [0, 0.05) is 30.0 Å². The van der Waals surface area contributed by atoms with E-state index in [9.17, 15) is 4.79 Å². The zero-order valence-corrected chi connectivity index (χ0v) is 13.7. The molecule has 0 spiro atoms. The predicted molar refractivity (Wildman–Crippen MR) is 91.4 cm³/mol. The van der Waals surface area contributed by atoms with Gasteiger partial charge >= 0.3 is 0 Å². The second-order valence-corrected chi connectivity index (χ2v) is 5.65. The standard InChI is InChI=1S/C18H16ClN3O2/c19-15-9-5-4-8-14(15)12-20-16(23)10-11-17-21-18(22-24-17)13-6-2-1-3-7-13/h1-9H,10-12H2,(H,20,23). The normalized spacial score (nSPS) is 10.5. The molecular formula is C18H16ClN3O2. The first kappa shape index (κ1) is 16.2. The van der Waals surface area contributed by atoms with Crippen molar-refractivity contribution in [1.29, 1.82) is 0 Å². The molecule has 0 saturated heterocycles. The van der Waals surface area contributed by atoms with Crippen LogP contribution in [0.25, 0.3) is 11.4 Å². The van der Waals surface area contributed by atoms with Crippen LogP contribution in [0.3, 0.4) is 0 Å². The predicted octanol–water partition coefficient (Wildman–Crippen LogP) is 3.64. The van der Waals surface area contributed by atoms with Gasteiger partial charge in [0.15, 0.2) is 0 Å². The fourth-order valence-corrected chi connectivity index (χ4v) is 2.41. The van der Waals surface area contributed by atoms with Crippen LogP contribution in [0, 0.1) is 0 Å². The number of hydrogen-bond donors (Lipinski definition) is 1. The van der Waals surface area contributed by atoms with E-state index in [-0.39, 0.29) is 12.3 Å². The lowest BCUT2D eigenvalue weighted by atomic mass is 10.2. The third-order valence-corrected chi connectivity index (χ3v) is 3.87. The molecule has 0 unspecified atom stereocenters. The van der Waals surface area contributed by atoms with Crippen molar-refractivity contribution < 1.29 is 9.32 Å². The molecule has 2 aromatic carbocycles. The Morgan fingerprint density at radius 2 is 1.83 bits per heavy atom. The highest BCUT2D eigenvalue weighted by molar-refractivity contribution is 6.31. The van der Waals surface area contributed by atoms with E-state index in [4.69, 9.17) is 16.1 Å². The van der Waals surface area contributed by atoms with Crippen molar-refractivity contribution in [2.45, 2.75) is 19.4 Å². The molecule has 0 fully saturated rings. The van der Waals surface area contributed by atoms with Gasteiger partial charge in [0.1, 0.15) is 0 Å². The van der Waals surface area contributed by atoms with Gasteiger partial charge in [-0.05, 0) is 11.6 Å². The number of nitrogens with zero attached hydrogens (tertiary/aromatic N) is 2. The first-order valence-corrected chi connectivity index (χ1v) is 7.98. The Labute approximate surface area is 144 Å². The highest BCUT2D eigenvalue weighted by Crippen LogP contribution is 2.16. The molecule has 1 aromatic heterocycles. The van der Waals surface area contributed by atoms with E-state index in [1.54, 1.807) is 6.07 Å². The lowest BCUT2D eigenvalue weighted by Gasteiger charge is -2.05. The first-order valence-electron chi connectivity index (χ1n) is 7.60. The van der Waals surface area contributed by atoms with E-state index in [0.29, 0.717) is 29.7 Å². The Kier molecular flexibility index (Phi) is 5.23. The number of benzene rings is 2. The Bertz CT molecular complexity index is 818. The Hall–Kier alpha value is -2.66. The molecule has 0 saturated carbocycles. The van der Waals surface area contributed by atoms with Crippen LogP contribution in [0.2, 0.25) is 5.02 Å². The van der Waals surface area contributed by atoms with Crippen LogP contribution in [-0.2, 0) is 17.8 Å². The summed E-state index contributed by atoms with van der Waals surface area (Å²) in [6, 6.07) is 17.0. The molecule has 0 aliphatic heterocycles. The number of aromatic nitrogens is 2. The minimum absolute atomic E-state index is 0.0885. The number of halogens is 1. The maximum atomic E-state index is 11.9. The van der Waals surface area contributed by atoms with Crippen LogP contribution in [0.5, 0.6) is 0 Å². The smallest absolute Gasteiger partial charge is 0.227 e. The topological polar surface area (TPSA) is 68.0 Å². The molecule has 24 heavy (non-hydrogen) atoms. The third-order valence-electron chi connectivity index (χ3n) is 3.50. The number of carbonyl (C=O) groups excluding carboxylic acids is 1. The molecule has 5 nitrogen and oxygen atoms in total. The number of hydrogen-bond acceptors (Lipinski definition) is 4. The molecule has 0 aliphatic rings. The summed E-state index contributed by atoms with van der Waals surface area (Å²) in [6.07, 6.45) is 0.676. The van der Waals surface area contributed by atoms with E-state index < -0.39 is 0 Å². The molecule has 122 valence electrons. The fraction of sp³-hybridized carbons (Fsp3) is 0.167. The first-order chi connectivity index (χ1) is 11.7. The zero-order valence-electron chi connectivity index (χ0n) is 12.9. The summed E-state index contributed by atoms with van der Waals surface area (Å²) in [5, 5.41) is 7.41. The second-order valence-electron chi connectivity index (χ2n) is 5.25. The van der Waals surface area contributed by atoms with E-state index in [2.05, 4.69) is 15.5 Å². The Balaban J connectivity index is 1.50. The molecule has 0 radical (unpaired) electrons. The minimum Gasteiger partial charge on any atom is -0.352 e. The van der Waals surface area contributed by atoms with Crippen LogP contribution < -0.4 is 5.32 Å². The largest absolute Gasteiger partial charge is 0.352 e.